The van der Waals surface area contributed by atoms with Crippen molar-refractivity contribution >= 4 is 0 Å². The Kier molecular flexibility index (Phi) is 3.67. The lowest BCUT2D eigenvalue weighted by Crippen LogP contribution is -2.03. The van der Waals surface area contributed by atoms with Gasteiger partial charge in [-0.1, -0.05) is 60.7 Å². The summed E-state index contributed by atoms with van der Waals surface area (Å²) < 4.78 is 55.9. The summed E-state index contributed by atoms with van der Waals surface area (Å²) in [7, 11) is 0. The van der Waals surface area contributed by atoms with Crippen LogP contribution in [-0.4, -0.2) is 0 Å². The molecule has 0 aromatic heterocycles. The molecule has 0 aliphatic heterocycles. The molecule has 0 saturated carbocycles. The third-order valence-corrected chi connectivity index (χ3v) is 3.39. The molecular formula is C18H10F4. The largest absolute Gasteiger partial charge is 0.203 e. The van der Waals surface area contributed by atoms with Crippen LogP contribution >= 0.6 is 0 Å². The highest BCUT2D eigenvalue weighted by Gasteiger charge is 2.26. The van der Waals surface area contributed by atoms with Crippen molar-refractivity contribution in [2.75, 3.05) is 0 Å². The van der Waals surface area contributed by atoms with Gasteiger partial charge < -0.3 is 0 Å². The third-order valence-electron chi connectivity index (χ3n) is 3.39. The van der Waals surface area contributed by atoms with E-state index in [0.717, 1.165) is 0 Å². The quantitative estimate of drug-likeness (QED) is 0.329. The highest BCUT2D eigenvalue weighted by molar-refractivity contribution is 5.84. The molecule has 0 heterocycles. The molecule has 110 valence electrons. The molecular weight excluding hydrogens is 292 g/mol. The Hall–Kier alpha value is -2.62. The minimum absolute atomic E-state index is 0.275. The first kappa shape index (κ1) is 14.3. The molecule has 0 aliphatic rings. The molecule has 0 aliphatic carbocycles. The van der Waals surface area contributed by atoms with Crippen LogP contribution < -0.4 is 0 Å². The Labute approximate surface area is 124 Å². The summed E-state index contributed by atoms with van der Waals surface area (Å²) in [5, 5.41) is 0. The Morgan fingerprint density at radius 3 is 1.05 bits per heavy atom. The van der Waals surface area contributed by atoms with Crippen molar-refractivity contribution in [2.45, 2.75) is 0 Å². The van der Waals surface area contributed by atoms with Gasteiger partial charge in [-0.15, -0.1) is 0 Å². The lowest BCUT2D eigenvalue weighted by molar-refractivity contribution is 0.412. The van der Waals surface area contributed by atoms with Crippen LogP contribution in [0.25, 0.3) is 22.3 Å². The van der Waals surface area contributed by atoms with Gasteiger partial charge in [0, 0.05) is 11.1 Å². The Balaban J connectivity index is 2.42. The van der Waals surface area contributed by atoms with Gasteiger partial charge in [0.25, 0.3) is 0 Å². The average Bonchev–Trinajstić information content (AvgIpc) is 2.57. The van der Waals surface area contributed by atoms with Crippen LogP contribution in [0.3, 0.4) is 0 Å². The van der Waals surface area contributed by atoms with Crippen molar-refractivity contribution in [2.24, 2.45) is 0 Å². The second kappa shape index (κ2) is 5.64. The van der Waals surface area contributed by atoms with Crippen LogP contribution in [0.15, 0.2) is 60.7 Å². The van der Waals surface area contributed by atoms with E-state index in [1.807, 2.05) is 0 Å². The molecule has 0 unspecified atom stereocenters. The molecule has 0 fully saturated rings. The predicted molar refractivity (Wildman–Crippen MR) is 77.1 cm³/mol. The lowest BCUT2D eigenvalue weighted by atomic mass is 9.93. The zero-order valence-electron chi connectivity index (χ0n) is 11.3. The topological polar surface area (TPSA) is 0 Å². The third kappa shape index (κ3) is 2.26. The monoisotopic (exact) mass is 302 g/mol. The van der Waals surface area contributed by atoms with Crippen molar-refractivity contribution < 1.29 is 17.6 Å². The summed E-state index contributed by atoms with van der Waals surface area (Å²) in [5.74, 6) is -6.42. The molecule has 3 aromatic carbocycles. The summed E-state index contributed by atoms with van der Waals surface area (Å²) in [6, 6.07) is 15.9. The summed E-state index contributed by atoms with van der Waals surface area (Å²) in [4.78, 5) is 0. The van der Waals surface area contributed by atoms with Gasteiger partial charge in [-0.25, -0.2) is 17.6 Å². The van der Waals surface area contributed by atoms with Crippen molar-refractivity contribution in [3.05, 3.63) is 83.9 Å². The standard InChI is InChI=1S/C18H10F4/c19-15-13(11-7-3-1-4-8-11)14(12-9-5-2-6-10-12)16(20)18(22)17(15)21/h1-10H. The SMILES string of the molecule is Fc1c(F)c(F)c(-c2ccccc2)c(-c2ccccc2)c1F. The maximum atomic E-state index is 14.3. The number of rotatable bonds is 2. The van der Waals surface area contributed by atoms with Gasteiger partial charge in [-0.05, 0) is 11.1 Å². The minimum atomic E-state index is -1.81. The summed E-state index contributed by atoms with van der Waals surface area (Å²) in [5.41, 5.74) is -0.0280. The van der Waals surface area contributed by atoms with Crippen molar-refractivity contribution in [3.63, 3.8) is 0 Å². The Morgan fingerprint density at radius 2 is 0.727 bits per heavy atom. The van der Waals surface area contributed by atoms with Gasteiger partial charge in [0.15, 0.2) is 23.3 Å². The molecule has 0 radical (unpaired) electrons. The smallest absolute Gasteiger partial charge is 0.198 e. The first-order chi connectivity index (χ1) is 10.6. The first-order valence-corrected chi connectivity index (χ1v) is 6.58. The summed E-state index contributed by atoms with van der Waals surface area (Å²) >= 11 is 0. The second-order valence-electron chi connectivity index (χ2n) is 4.74. The zero-order chi connectivity index (χ0) is 15.7. The van der Waals surface area contributed by atoms with Crippen LogP contribution in [0.2, 0.25) is 0 Å². The molecule has 0 spiro atoms. The summed E-state index contributed by atoms with van der Waals surface area (Å²) in [6.07, 6.45) is 0. The van der Waals surface area contributed by atoms with Crippen LogP contribution in [0.1, 0.15) is 0 Å². The van der Waals surface area contributed by atoms with E-state index >= 15 is 0 Å². The Morgan fingerprint density at radius 1 is 0.409 bits per heavy atom. The fourth-order valence-electron chi connectivity index (χ4n) is 2.38. The molecule has 4 heteroatoms. The number of benzene rings is 3. The van der Waals surface area contributed by atoms with E-state index in [0.29, 0.717) is 0 Å². The molecule has 0 bridgehead atoms. The van der Waals surface area contributed by atoms with Crippen molar-refractivity contribution in [3.8, 4) is 22.3 Å². The second-order valence-corrected chi connectivity index (χ2v) is 4.74. The van der Waals surface area contributed by atoms with Crippen molar-refractivity contribution in [1.29, 1.82) is 0 Å². The fraction of sp³-hybridized carbons (Fsp3) is 0. The maximum absolute atomic E-state index is 14.3. The molecule has 22 heavy (non-hydrogen) atoms. The highest BCUT2D eigenvalue weighted by Crippen LogP contribution is 2.38. The predicted octanol–water partition coefficient (Wildman–Crippen LogP) is 5.58. The number of hydrogen-bond acceptors (Lipinski definition) is 0. The van der Waals surface area contributed by atoms with Crippen molar-refractivity contribution in [1.82, 2.24) is 0 Å². The van der Waals surface area contributed by atoms with Crippen LogP contribution in [0.5, 0.6) is 0 Å². The van der Waals surface area contributed by atoms with Crippen LogP contribution in [0.4, 0.5) is 17.6 Å². The van der Waals surface area contributed by atoms with Gasteiger partial charge in [0.05, 0.1) is 0 Å². The molecule has 0 N–H and O–H groups in total. The van der Waals surface area contributed by atoms with E-state index in [1.54, 1.807) is 36.4 Å². The maximum Gasteiger partial charge on any atom is 0.198 e. The highest BCUT2D eigenvalue weighted by atomic mass is 19.2. The van der Waals surface area contributed by atoms with Gasteiger partial charge in [-0.3, -0.25) is 0 Å². The van der Waals surface area contributed by atoms with E-state index < -0.39 is 23.3 Å². The van der Waals surface area contributed by atoms with E-state index in [-0.39, 0.29) is 22.3 Å². The average molecular weight is 302 g/mol. The van der Waals surface area contributed by atoms with E-state index in [1.165, 1.54) is 24.3 Å². The van der Waals surface area contributed by atoms with Gasteiger partial charge in [0.1, 0.15) is 0 Å². The number of hydrogen-bond donors (Lipinski definition) is 0. The fourth-order valence-corrected chi connectivity index (χ4v) is 2.38. The lowest BCUT2D eigenvalue weighted by Gasteiger charge is -2.14. The normalized spacial score (nSPS) is 10.7. The molecule has 0 nitrogen and oxygen atoms in total. The van der Waals surface area contributed by atoms with E-state index in [9.17, 15) is 17.6 Å². The molecule has 3 rings (SSSR count). The minimum Gasteiger partial charge on any atom is -0.203 e. The van der Waals surface area contributed by atoms with E-state index in [4.69, 9.17) is 0 Å². The van der Waals surface area contributed by atoms with Crippen LogP contribution in [-0.2, 0) is 0 Å². The van der Waals surface area contributed by atoms with E-state index in [2.05, 4.69) is 0 Å². The van der Waals surface area contributed by atoms with Gasteiger partial charge in [0.2, 0.25) is 0 Å². The Bertz CT molecular complexity index is 741. The van der Waals surface area contributed by atoms with Gasteiger partial charge >= 0.3 is 0 Å². The molecule has 0 saturated heterocycles. The molecule has 3 aromatic rings. The molecule has 0 amide bonds. The summed E-state index contributed by atoms with van der Waals surface area (Å²) in [6.45, 7) is 0. The van der Waals surface area contributed by atoms with Crippen LogP contribution in [0, 0.1) is 23.3 Å². The zero-order valence-corrected chi connectivity index (χ0v) is 11.3. The first-order valence-electron chi connectivity index (χ1n) is 6.58. The van der Waals surface area contributed by atoms with Gasteiger partial charge in [-0.2, -0.15) is 0 Å². The molecule has 0 atom stereocenters. The number of halogens is 4.